The molecule has 0 aliphatic carbocycles. The number of hydrogen-bond acceptors (Lipinski definition) is 5. The fourth-order valence-electron chi connectivity index (χ4n) is 3.41. The molecule has 1 fully saturated rings. The first-order valence-electron chi connectivity index (χ1n) is 8.86. The predicted octanol–water partition coefficient (Wildman–Crippen LogP) is 4.79. The number of non-ortho nitro benzene ring substituents is 1. The topological polar surface area (TPSA) is 77.3 Å². The van der Waals surface area contributed by atoms with Crippen LogP contribution in [0.4, 0.5) is 18.9 Å². The smallest absolute Gasteiger partial charge is 0.416 e. The Morgan fingerprint density at radius 3 is 2.21 bits per heavy atom. The zero-order valence-corrected chi connectivity index (χ0v) is 15.6. The maximum atomic E-state index is 12.9. The van der Waals surface area contributed by atoms with Crippen molar-refractivity contribution in [3.05, 3.63) is 75.3 Å². The molecular formula is C20H17F3N2O4. The van der Waals surface area contributed by atoms with Crippen LogP contribution in [0.15, 0.2) is 53.5 Å². The Bertz CT molecular complexity index is 984. The van der Waals surface area contributed by atoms with Crippen molar-refractivity contribution in [3.63, 3.8) is 0 Å². The van der Waals surface area contributed by atoms with Crippen molar-refractivity contribution in [2.75, 3.05) is 6.61 Å². The molecule has 2 aliphatic heterocycles. The summed E-state index contributed by atoms with van der Waals surface area (Å²) in [6, 6.07) is 10.5. The number of nitrogens with zero attached hydrogens (tertiary/aromatic N) is 2. The summed E-state index contributed by atoms with van der Waals surface area (Å²) in [6.45, 7) is 4.11. The monoisotopic (exact) mass is 406 g/mol. The maximum Gasteiger partial charge on any atom is 0.416 e. The van der Waals surface area contributed by atoms with Crippen LogP contribution in [-0.4, -0.2) is 23.0 Å². The molecule has 2 aromatic rings. The van der Waals surface area contributed by atoms with E-state index in [-0.39, 0.29) is 5.69 Å². The Morgan fingerprint density at radius 1 is 1.10 bits per heavy atom. The average molecular weight is 406 g/mol. The Hall–Kier alpha value is -2.94. The van der Waals surface area contributed by atoms with Gasteiger partial charge in [-0.3, -0.25) is 10.1 Å². The molecular weight excluding hydrogens is 389 g/mol. The van der Waals surface area contributed by atoms with Gasteiger partial charge in [0.05, 0.1) is 16.0 Å². The maximum absolute atomic E-state index is 12.9. The second-order valence-corrected chi connectivity index (χ2v) is 7.68. The molecule has 2 heterocycles. The van der Waals surface area contributed by atoms with Gasteiger partial charge in [0.25, 0.3) is 5.69 Å². The van der Waals surface area contributed by atoms with Gasteiger partial charge in [-0.1, -0.05) is 12.1 Å². The van der Waals surface area contributed by atoms with Gasteiger partial charge in [0, 0.05) is 12.1 Å². The lowest BCUT2D eigenvalue weighted by Crippen LogP contribution is -2.23. The number of rotatable bonds is 4. The van der Waals surface area contributed by atoms with Gasteiger partial charge >= 0.3 is 6.18 Å². The minimum Gasteiger partial charge on any atom is -0.476 e. The molecule has 0 unspecified atom stereocenters. The lowest BCUT2D eigenvalue weighted by molar-refractivity contribution is -0.384. The number of alkyl halides is 3. The summed E-state index contributed by atoms with van der Waals surface area (Å²) in [7, 11) is 0. The lowest BCUT2D eigenvalue weighted by atomic mass is 9.90. The fourth-order valence-corrected chi connectivity index (χ4v) is 3.41. The first-order valence-corrected chi connectivity index (χ1v) is 8.86. The fraction of sp³-hybridized carbons (Fsp3) is 0.350. The quantitative estimate of drug-likeness (QED) is 0.416. The largest absolute Gasteiger partial charge is 0.476 e. The van der Waals surface area contributed by atoms with Crippen molar-refractivity contribution in [3.8, 4) is 0 Å². The van der Waals surface area contributed by atoms with Gasteiger partial charge in [0.2, 0.25) is 5.90 Å². The van der Waals surface area contributed by atoms with Crippen molar-refractivity contribution in [1.82, 2.24) is 0 Å². The van der Waals surface area contributed by atoms with Crippen molar-refractivity contribution in [2.24, 2.45) is 4.99 Å². The van der Waals surface area contributed by atoms with Gasteiger partial charge in [0.1, 0.15) is 12.7 Å². The van der Waals surface area contributed by atoms with Crippen molar-refractivity contribution in [2.45, 2.75) is 37.3 Å². The third-order valence-corrected chi connectivity index (χ3v) is 4.95. The number of halogens is 3. The number of aliphatic imine (C=N–C) groups is 1. The van der Waals surface area contributed by atoms with E-state index in [9.17, 15) is 23.3 Å². The minimum atomic E-state index is -4.43. The number of ether oxygens (including phenoxy) is 2. The Labute approximate surface area is 164 Å². The Kier molecular flexibility index (Phi) is 4.20. The molecule has 0 bridgehead atoms. The van der Waals surface area contributed by atoms with Crippen LogP contribution < -0.4 is 0 Å². The molecule has 1 saturated heterocycles. The molecule has 2 aromatic carbocycles. The van der Waals surface area contributed by atoms with E-state index in [1.807, 2.05) is 13.8 Å². The van der Waals surface area contributed by atoms with Gasteiger partial charge in [-0.2, -0.15) is 13.2 Å². The lowest BCUT2D eigenvalue weighted by Gasteiger charge is -2.14. The van der Waals surface area contributed by atoms with E-state index in [2.05, 4.69) is 4.99 Å². The van der Waals surface area contributed by atoms with Crippen molar-refractivity contribution in [1.29, 1.82) is 0 Å². The van der Waals surface area contributed by atoms with Crippen molar-refractivity contribution < 1.29 is 27.6 Å². The first-order chi connectivity index (χ1) is 13.5. The number of benzene rings is 2. The standard InChI is InChI=1S/C20H17F3N2O4/c1-18(2)11-28-17(24-18)19(13-7-9-15(10-8-13)25(26)27)16(29-19)12-3-5-14(6-4-12)20(21,22)23/h3-10,16H,11H2,1-2H3/t16-,19+/m0/s1. The zero-order valence-electron chi connectivity index (χ0n) is 15.6. The second-order valence-electron chi connectivity index (χ2n) is 7.68. The SMILES string of the molecule is CC1(C)COC([C@]2(c3ccc([N+](=O)[O-])cc3)O[C@H]2c2ccc(C(F)(F)F)cc2)=N1. The molecule has 2 atom stereocenters. The molecule has 0 radical (unpaired) electrons. The minimum absolute atomic E-state index is 0.0785. The molecule has 0 saturated carbocycles. The highest BCUT2D eigenvalue weighted by Gasteiger charge is 2.65. The van der Waals surface area contributed by atoms with E-state index >= 15 is 0 Å². The summed E-state index contributed by atoms with van der Waals surface area (Å²) in [4.78, 5) is 15.0. The number of nitro benzene ring substituents is 1. The number of hydrogen-bond donors (Lipinski definition) is 0. The van der Waals surface area contributed by atoms with Crippen molar-refractivity contribution >= 4 is 11.6 Å². The normalized spacial score (nSPS) is 25.3. The highest BCUT2D eigenvalue weighted by atomic mass is 19.4. The second kappa shape index (κ2) is 6.28. The van der Waals surface area contributed by atoms with Crippen LogP contribution in [0, 0.1) is 10.1 Å². The summed E-state index contributed by atoms with van der Waals surface area (Å²) < 4.78 is 50.3. The van der Waals surface area contributed by atoms with E-state index < -0.39 is 33.9 Å². The van der Waals surface area contributed by atoms with Gasteiger partial charge in [-0.05, 0) is 49.2 Å². The third kappa shape index (κ3) is 3.35. The van der Waals surface area contributed by atoms with Gasteiger partial charge < -0.3 is 9.47 Å². The van der Waals surface area contributed by atoms with Crippen LogP contribution in [-0.2, 0) is 21.3 Å². The molecule has 0 aromatic heterocycles. The number of nitro groups is 1. The van der Waals surface area contributed by atoms with Crippen LogP contribution in [0.2, 0.25) is 0 Å². The van der Waals surface area contributed by atoms with Crippen LogP contribution in [0.3, 0.4) is 0 Å². The summed E-state index contributed by atoms with van der Waals surface area (Å²) >= 11 is 0. The van der Waals surface area contributed by atoms with E-state index in [0.29, 0.717) is 23.6 Å². The summed E-state index contributed by atoms with van der Waals surface area (Å²) in [5.74, 6) is 0.321. The van der Waals surface area contributed by atoms with E-state index in [1.165, 1.54) is 24.3 Å². The van der Waals surface area contributed by atoms with Gasteiger partial charge in [-0.15, -0.1) is 0 Å². The van der Waals surface area contributed by atoms with Crippen LogP contribution >= 0.6 is 0 Å². The molecule has 6 nitrogen and oxygen atoms in total. The number of epoxide rings is 1. The summed E-state index contributed by atoms with van der Waals surface area (Å²) in [5, 5.41) is 11.0. The molecule has 9 heteroatoms. The molecule has 4 rings (SSSR count). The molecule has 0 N–H and O–H groups in total. The average Bonchev–Trinajstić information content (AvgIpc) is 3.31. The summed E-state index contributed by atoms with van der Waals surface area (Å²) in [6.07, 6.45) is -5.04. The van der Waals surface area contributed by atoms with Crippen LogP contribution in [0.5, 0.6) is 0 Å². The molecule has 152 valence electrons. The highest BCUT2D eigenvalue weighted by Crippen LogP contribution is 2.59. The molecule has 0 amide bonds. The molecule has 0 spiro atoms. The Balaban J connectivity index is 1.73. The predicted molar refractivity (Wildman–Crippen MR) is 97.5 cm³/mol. The van der Waals surface area contributed by atoms with Gasteiger partial charge in [-0.25, -0.2) is 4.99 Å². The molecule has 29 heavy (non-hydrogen) atoms. The van der Waals surface area contributed by atoms with E-state index in [1.54, 1.807) is 12.1 Å². The Morgan fingerprint density at radius 2 is 1.72 bits per heavy atom. The first kappa shape index (κ1) is 19.4. The van der Waals surface area contributed by atoms with E-state index in [4.69, 9.17) is 9.47 Å². The zero-order chi connectivity index (χ0) is 21.0. The third-order valence-electron chi connectivity index (χ3n) is 4.95. The molecule has 2 aliphatic rings. The van der Waals surface area contributed by atoms with Crippen LogP contribution in [0.25, 0.3) is 0 Å². The van der Waals surface area contributed by atoms with Gasteiger partial charge in [0.15, 0.2) is 5.60 Å². The van der Waals surface area contributed by atoms with E-state index in [0.717, 1.165) is 12.1 Å². The highest BCUT2D eigenvalue weighted by molar-refractivity contribution is 5.92. The van der Waals surface area contributed by atoms with Crippen LogP contribution in [0.1, 0.15) is 36.6 Å². The summed E-state index contributed by atoms with van der Waals surface area (Å²) in [5.41, 5.74) is -1.30.